The highest BCUT2D eigenvalue weighted by atomic mass is 31.0. The van der Waals surface area contributed by atoms with Crippen LogP contribution in [0.25, 0.3) is 0 Å². The first-order valence-electron chi connectivity index (χ1n) is 3.71. The second kappa shape index (κ2) is 3.34. The molecule has 0 aliphatic carbocycles. The molecule has 1 aliphatic heterocycles. The van der Waals surface area contributed by atoms with Crippen molar-refractivity contribution in [1.29, 1.82) is 0 Å². The maximum absolute atomic E-state index is 10.9. The lowest BCUT2D eigenvalue weighted by Crippen LogP contribution is -2.38. The summed E-state index contributed by atoms with van der Waals surface area (Å²) < 4.78 is 0. The summed E-state index contributed by atoms with van der Waals surface area (Å²) in [6, 6.07) is 0. The van der Waals surface area contributed by atoms with Crippen LogP contribution in [0.4, 0.5) is 0 Å². The highest BCUT2D eigenvalue weighted by Crippen LogP contribution is 2.16. The summed E-state index contributed by atoms with van der Waals surface area (Å²) in [5.41, 5.74) is 0.623. The monoisotopic (exact) mass is 159 g/mol. The lowest BCUT2D eigenvalue weighted by atomic mass is 10.1. The van der Waals surface area contributed by atoms with Gasteiger partial charge in [0, 0.05) is 20.0 Å². The topological polar surface area (TPSA) is 20.3 Å². The molecule has 1 saturated heterocycles. The van der Waals surface area contributed by atoms with Crippen LogP contribution in [0.2, 0.25) is 0 Å². The van der Waals surface area contributed by atoms with Gasteiger partial charge in [0.05, 0.1) is 0 Å². The van der Waals surface area contributed by atoms with Crippen molar-refractivity contribution in [3.05, 3.63) is 0 Å². The smallest absolute Gasteiger partial charge is 0.219 e. The average Bonchev–Trinajstić information content (AvgIpc) is 1.88. The number of rotatable bonds is 0. The minimum atomic E-state index is 0.215. The van der Waals surface area contributed by atoms with Crippen molar-refractivity contribution in [3.8, 4) is 0 Å². The van der Waals surface area contributed by atoms with Crippen molar-refractivity contribution >= 4 is 15.1 Å². The third-order valence-electron chi connectivity index (χ3n) is 1.90. The largest absolute Gasteiger partial charge is 0.342 e. The molecule has 1 rings (SSSR count). The molecule has 0 bridgehead atoms. The molecule has 0 aromatic carbocycles. The van der Waals surface area contributed by atoms with Crippen LogP contribution in [0.5, 0.6) is 0 Å². The number of amides is 1. The van der Waals surface area contributed by atoms with Gasteiger partial charge in [-0.15, -0.1) is 9.24 Å². The van der Waals surface area contributed by atoms with Crippen LogP contribution in [0.15, 0.2) is 0 Å². The molecule has 0 aromatic heterocycles. The zero-order valence-corrected chi connectivity index (χ0v) is 7.49. The molecule has 58 valence electrons. The molecule has 1 fully saturated rings. The van der Waals surface area contributed by atoms with Gasteiger partial charge >= 0.3 is 0 Å². The molecule has 10 heavy (non-hydrogen) atoms. The average molecular weight is 159 g/mol. The van der Waals surface area contributed by atoms with Gasteiger partial charge in [0.1, 0.15) is 0 Å². The Hall–Kier alpha value is -0.100. The van der Waals surface area contributed by atoms with Crippen LogP contribution < -0.4 is 0 Å². The first-order valence-corrected chi connectivity index (χ1v) is 4.38. The summed E-state index contributed by atoms with van der Waals surface area (Å²) in [5, 5.41) is 0. The fraction of sp³-hybridized carbons (Fsp3) is 0.857. The third-order valence-corrected chi connectivity index (χ3v) is 2.45. The molecule has 2 nitrogen and oxygen atoms in total. The molecule has 1 heterocycles. The first-order chi connectivity index (χ1) is 4.70. The number of hydrogen-bond donors (Lipinski definition) is 0. The summed E-state index contributed by atoms with van der Waals surface area (Å²) in [7, 11) is 2.78. The van der Waals surface area contributed by atoms with Crippen molar-refractivity contribution in [2.45, 2.75) is 25.4 Å². The Morgan fingerprint density at radius 1 is 1.70 bits per heavy atom. The molecule has 0 spiro atoms. The predicted molar refractivity (Wildman–Crippen MR) is 45.0 cm³/mol. The number of piperidine rings is 1. The van der Waals surface area contributed by atoms with Gasteiger partial charge in [0.25, 0.3) is 0 Å². The molecular weight excluding hydrogens is 145 g/mol. The Kier molecular flexibility index (Phi) is 2.67. The quantitative estimate of drug-likeness (QED) is 0.480. The van der Waals surface area contributed by atoms with Crippen molar-refractivity contribution in [1.82, 2.24) is 4.90 Å². The van der Waals surface area contributed by atoms with Crippen molar-refractivity contribution in [2.75, 3.05) is 13.1 Å². The van der Waals surface area contributed by atoms with Gasteiger partial charge in [-0.25, -0.2) is 0 Å². The lowest BCUT2D eigenvalue weighted by molar-refractivity contribution is -0.129. The lowest BCUT2D eigenvalue weighted by Gasteiger charge is -2.29. The highest BCUT2D eigenvalue weighted by molar-refractivity contribution is 7.17. The standard InChI is InChI=1S/C7H14NOP/c1-6(9)8-4-2-3-7(10)5-8/h7H,2-5,10H2,1H3. The van der Waals surface area contributed by atoms with E-state index in [1.807, 2.05) is 4.90 Å². The van der Waals surface area contributed by atoms with Crippen LogP contribution in [-0.2, 0) is 4.79 Å². The van der Waals surface area contributed by atoms with E-state index in [1.165, 1.54) is 6.42 Å². The molecular formula is C7H14NOP. The Labute approximate surface area is 64.2 Å². The molecule has 1 aliphatic rings. The van der Waals surface area contributed by atoms with Crippen LogP contribution in [0.1, 0.15) is 19.8 Å². The van der Waals surface area contributed by atoms with Gasteiger partial charge in [0.2, 0.25) is 5.91 Å². The summed E-state index contributed by atoms with van der Waals surface area (Å²) in [4.78, 5) is 12.8. The zero-order valence-electron chi connectivity index (χ0n) is 6.34. The predicted octanol–water partition coefficient (Wildman–Crippen LogP) is 0.872. The number of carbonyl (C=O) groups is 1. The van der Waals surface area contributed by atoms with Gasteiger partial charge < -0.3 is 4.90 Å². The number of likely N-dealkylation sites (tertiary alicyclic amines) is 1. The Bertz CT molecular complexity index is 138. The van der Waals surface area contributed by atoms with Crippen molar-refractivity contribution < 1.29 is 4.79 Å². The highest BCUT2D eigenvalue weighted by Gasteiger charge is 2.17. The maximum atomic E-state index is 10.9. The SMILES string of the molecule is CC(=O)N1CCCC(P)C1. The fourth-order valence-electron chi connectivity index (χ4n) is 1.30. The molecule has 2 atom stereocenters. The molecule has 3 heteroatoms. The first kappa shape index (κ1) is 8.00. The van der Waals surface area contributed by atoms with Crippen LogP contribution in [0, 0.1) is 0 Å². The van der Waals surface area contributed by atoms with E-state index in [1.54, 1.807) is 6.92 Å². The normalized spacial score (nSPS) is 26.6. The molecule has 0 radical (unpaired) electrons. The Morgan fingerprint density at radius 2 is 2.40 bits per heavy atom. The second-order valence-electron chi connectivity index (χ2n) is 2.87. The van der Waals surface area contributed by atoms with Crippen molar-refractivity contribution in [3.63, 3.8) is 0 Å². The second-order valence-corrected chi connectivity index (χ2v) is 3.81. The molecule has 0 aromatic rings. The Balaban J connectivity index is 2.39. The van der Waals surface area contributed by atoms with E-state index in [0.29, 0.717) is 5.66 Å². The zero-order chi connectivity index (χ0) is 7.56. The summed E-state index contributed by atoms with van der Waals surface area (Å²) in [6.07, 6.45) is 2.40. The van der Waals surface area contributed by atoms with Crippen LogP contribution in [0.3, 0.4) is 0 Å². The van der Waals surface area contributed by atoms with Gasteiger partial charge in [-0.05, 0) is 18.5 Å². The molecule has 0 saturated carbocycles. The minimum absolute atomic E-state index is 0.215. The number of nitrogens with zero attached hydrogens (tertiary/aromatic N) is 1. The molecule has 2 unspecified atom stereocenters. The van der Waals surface area contributed by atoms with Crippen LogP contribution in [-0.4, -0.2) is 29.6 Å². The van der Waals surface area contributed by atoms with E-state index in [0.717, 1.165) is 19.5 Å². The fourth-order valence-corrected chi connectivity index (χ4v) is 1.79. The van der Waals surface area contributed by atoms with E-state index in [4.69, 9.17) is 0 Å². The van der Waals surface area contributed by atoms with Gasteiger partial charge in [-0.2, -0.15) is 0 Å². The van der Waals surface area contributed by atoms with E-state index in [-0.39, 0.29) is 5.91 Å². The minimum Gasteiger partial charge on any atom is -0.342 e. The summed E-state index contributed by atoms with van der Waals surface area (Å²) in [5.74, 6) is 0.215. The van der Waals surface area contributed by atoms with Crippen LogP contribution >= 0.6 is 9.24 Å². The molecule has 1 amide bonds. The van der Waals surface area contributed by atoms with E-state index in [2.05, 4.69) is 9.24 Å². The summed E-state index contributed by atoms with van der Waals surface area (Å²) in [6.45, 7) is 3.53. The van der Waals surface area contributed by atoms with Gasteiger partial charge in [-0.3, -0.25) is 4.79 Å². The van der Waals surface area contributed by atoms with Gasteiger partial charge in [0.15, 0.2) is 0 Å². The Morgan fingerprint density at radius 3 is 2.80 bits per heavy atom. The number of hydrogen-bond acceptors (Lipinski definition) is 1. The number of carbonyl (C=O) groups excluding carboxylic acids is 1. The summed E-state index contributed by atoms with van der Waals surface area (Å²) >= 11 is 0. The maximum Gasteiger partial charge on any atom is 0.219 e. The van der Waals surface area contributed by atoms with E-state index in [9.17, 15) is 4.79 Å². The van der Waals surface area contributed by atoms with E-state index < -0.39 is 0 Å². The van der Waals surface area contributed by atoms with Crippen molar-refractivity contribution in [2.24, 2.45) is 0 Å². The van der Waals surface area contributed by atoms with Gasteiger partial charge in [-0.1, -0.05) is 0 Å². The molecule has 0 N–H and O–H groups in total. The van der Waals surface area contributed by atoms with E-state index >= 15 is 0 Å². The third kappa shape index (κ3) is 1.95.